The number of hydroxylamine groups is 2. The highest BCUT2D eigenvalue weighted by molar-refractivity contribution is 5.91. The van der Waals surface area contributed by atoms with Crippen LogP contribution in [-0.2, 0) is 20.8 Å². The number of Topliss-reactive ketones (excluding diaryl/α,β-unsaturated/α-hetero) is 1. The fourth-order valence-electron chi connectivity index (χ4n) is 2.85. The molecule has 0 radical (unpaired) electrons. The standard InChI is InChI=1S/C20H31N3O4/c1-5-6-9-15(13-23(27)14-24)19(26)22-18(20(2,3)4)17(25)12-16-10-7-8-11-21-16/h7-8,10-11,14-15,18,27H,5-6,9,12-13H2,1-4H3,(H,22,26). The average molecular weight is 377 g/mol. The summed E-state index contributed by atoms with van der Waals surface area (Å²) in [6.45, 7) is 7.57. The van der Waals surface area contributed by atoms with Crippen molar-refractivity contribution in [3.63, 3.8) is 0 Å². The number of rotatable bonds is 11. The molecule has 0 saturated carbocycles. The van der Waals surface area contributed by atoms with Crippen LogP contribution in [0.3, 0.4) is 0 Å². The smallest absolute Gasteiger partial charge is 0.233 e. The summed E-state index contributed by atoms with van der Waals surface area (Å²) in [6.07, 6.45) is 4.23. The van der Waals surface area contributed by atoms with Crippen LogP contribution in [0, 0.1) is 11.3 Å². The van der Waals surface area contributed by atoms with Crippen molar-refractivity contribution in [1.29, 1.82) is 0 Å². The van der Waals surface area contributed by atoms with E-state index in [0.29, 0.717) is 17.2 Å². The highest BCUT2D eigenvalue weighted by Gasteiger charge is 2.34. The maximum absolute atomic E-state index is 12.8. The Labute approximate surface area is 161 Å². The Morgan fingerprint density at radius 3 is 2.56 bits per heavy atom. The Hall–Kier alpha value is -2.28. The minimum Gasteiger partial charge on any atom is -0.345 e. The van der Waals surface area contributed by atoms with Crippen molar-refractivity contribution >= 4 is 18.1 Å². The van der Waals surface area contributed by atoms with Gasteiger partial charge in [-0.25, -0.2) is 5.06 Å². The average Bonchev–Trinajstić information content (AvgIpc) is 2.62. The summed E-state index contributed by atoms with van der Waals surface area (Å²) in [4.78, 5) is 40.5. The van der Waals surface area contributed by atoms with Gasteiger partial charge in [0.2, 0.25) is 12.3 Å². The number of aromatic nitrogens is 1. The molecule has 2 atom stereocenters. The number of nitrogens with one attached hydrogen (secondary N) is 1. The Balaban J connectivity index is 2.90. The number of hydrogen-bond acceptors (Lipinski definition) is 5. The number of carbonyl (C=O) groups is 3. The molecule has 27 heavy (non-hydrogen) atoms. The number of amides is 2. The van der Waals surface area contributed by atoms with Gasteiger partial charge in [0.25, 0.3) is 0 Å². The van der Waals surface area contributed by atoms with E-state index < -0.39 is 17.4 Å². The quantitative estimate of drug-likeness (QED) is 0.350. The summed E-state index contributed by atoms with van der Waals surface area (Å²) in [5, 5.41) is 12.8. The first kappa shape index (κ1) is 22.8. The van der Waals surface area contributed by atoms with E-state index in [9.17, 15) is 19.6 Å². The van der Waals surface area contributed by atoms with Gasteiger partial charge < -0.3 is 5.32 Å². The normalized spacial score (nSPS) is 13.5. The van der Waals surface area contributed by atoms with Crippen molar-refractivity contribution in [2.75, 3.05) is 6.54 Å². The van der Waals surface area contributed by atoms with Gasteiger partial charge in [-0.05, 0) is 24.0 Å². The molecule has 0 aliphatic carbocycles. The molecule has 7 heteroatoms. The summed E-state index contributed by atoms with van der Waals surface area (Å²) in [6, 6.07) is 4.68. The first-order chi connectivity index (χ1) is 12.7. The van der Waals surface area contributed by atoms with Crippen LogP contribution in [0.2, 0.25) is 0 Å². The van der Waals surface area contributed by atoms with Crippen LogP contribution in [0.25, 0.3) is 0 Å². The van der Waals surface area contributed by atoms with Gasteiger partial charge in [0.05, 0.1) is 24.9 Å². The van der Waals surface area contributed by atoms with E-state index in [2.05, 4.69) is 10.3 Å². The third kappa shape index (κ3) is 7.86. The molecule has 2 amide bonds. The monoisotopic (exact) mass is 377 g/mol. The lowest BCUT2D eigenvalue weighted by atomic mass is 9.82. The lowest BCUT2D eigenvalue weighted by Gasteiger charge is -2.32. The fraction of sp³-hybridized carbons (Fsp3) is 0.600. The molecule has 150 valence electrons. The number of pyridine rings is 1. The second-order valence-electron chi connectivity index (χ2n) is 7.84. The van der Waals surface area contributed by atoms with Crippen LogP contribution in [0.1, 0.15) is 52.7 Å². The van der Waals surface area contributed by atoms with Crippen LogP contribution < -0.4 is 5.32 Å². The van der Waals surface area contributed by atoms with E-state index in [-0.39, 0.29) is 31.1 Å². The molecule has 1 rings (SSSR count). The molecule has 0 aliphatic rings. The number of carbonyl (C=O) groups excluding carboxylic acids is 3. The first-order valence-corrected chi connectivity index (χ1v) is 9.32. The lowest BCUT2D eigenvalue weighted by Crippen LogP contribution is -2.52. The Morgan fingerprint density at radius 1 is 1.33 bits per heavy atom. The third-order valence-electron chi connectivity index (χ3n) is 4.36. The van der Waals surface area contributed by atoms with Crippen molar-refractivity contribution in [3.05, 3.63) is 30.1 Å². The molecular formula is C20H31N3O4. The lowest BCUT2D eigenvalue weighted by molar-refractivity contribution is -0.155. The Kier molecular flexibility index (Phi) is 9.08. The predicted octanol–water partition coefficient (Wildman–Crippen LogP) is 2.38. The van der Waals surface area contributed by atoms with Crippen LogP contribution in [0.4, 0.5) is 0 Å². The van der Waals surface area contributed by atoms with Crippen LogP contribution >= 0.6 is 0 Å². The van der Waals surface area contributed by atoms with Crippen LogP contribution in [-0.4, -0.2) is 45.9 Å². The van der Waals surface area contributed by atoms with Gasteiger partial charge in [-0.15, -0.1) is 0 Å². The molecule has 1 heterocycles. The van der Waals surface area contributed by atoms with E-state index >= 15 is 0 Å². The van der Waals surface area contributed by atoms with Crippen molar-refractivity contribution in [2.45, 2.75) is 59.4 Å². The zero-order chi connectivity index (χ0) is 20.4. The van der Waals surface area contributed by atoms with E-state index in [4.69, 9.17) is 0 Å². The number of hydrogen-bond donors (Lipinski definition) is 2. The van der Waals surface area contributed by atoms with Gasteiger partial charge in [-0.2, -0.15) is 0 Å². The Morgan fingerprint density at radius 2 is 2.04 bits per heavy atom. The minimum atomic E-state index is -0.695. The topological polar surface area (TPSA) is 99.6 Å². The number of nitrogens with zero attached hydrogens (tertiary/aromatic N) is 2. The van der Waals surface area contributed by atoms with Gasteiger partial charge in [0.1, 0.15) is 0 Å². The third-order valence-corrected chi connectivity index (χ3v) is 4.36. The molecule has 0 spiro atoms. The number of ketones is 1. The van der Waals surface area contributed by atoms with Crippen LogP contribution in [0.5, 0.6) is 0 Å². The summed E-state index contributed by atoms with van der Waals surface area (Å²) in [5.74, 6) is -1.04. The molecule has 1 aromatic heterocycles. The van der Waals surface area contributed by atoms with E-state index in [1.54, 1.807) is 18.3 Å². The van der Waals surface area contributed by atoms with Crippen molar-refractivity contribution in [1.82, 2.24) is 15.4 Å². The predicted molar refractivity (Wildman–Crippen MR) is 102 cm³/mol. The molecule has 0 saturated heterocycles. The zero-order valence-corrected chi connectivity index (χ0v) is 16.6. The minimum absolute atomic E-state index is 0.0966. The zero-order valence-electron chi connectivity index (χ0n) is 16.6. The second-order valence-corrected chi connectivity index (χ2v) is 7.84. The van der Waals surface area contributed by atoms with E-state index in [1.165, 1.54) is 0 Å². The van der Waals surface area contributed by atoms with Gasteiger partial charge in [0, 0.05) is 11.9 Å². The summed E-state index contributed by atoms with van der Waals surface area (Å²) >= 11 is 0. The van der Waals surface area contributed by atoms with Gasteiger partial charge in [-0.1, -0.05) is 46.6 Å². The van der Waals surface area contributed by atoms with Gasteiger partial charge in [0.15, 0.2) is 5.78 Å². The van der Waals surface area contributed by atoms with Crippen LogP contribution in [0.15, 0.2) is 24.4 Å². The molecule has 0 fully saturated rings. The second kappa shape index (κ2) is 10.8. The fourth-order valence-corrected chi connectivity index (χ4v) is 2.85. The molecular weight excluding hydrogens is 346 g/mol. The largest absolute Gasteiger partial charge is 0.345 e. The highest BCUT2D eigenvalue weighted by atomic mass is 16.5. The molecule has 7 nitrogen and oxygen atoms in total. The SMILES string of the molecule is CCCCC(CN(O)C=O)C(=O)NC(C(=O)Cc1ccccn1)C(C)(C)C. The maximum Gasteiger partial charge on any atom is 0.233 e. The molecule has 0 aromatic carbocycles. The van der Waals surface area contributed by atoms with Gasteiger partial charge >= 0.3 is 0 Å². The van der Waals surface area contributed by atoms with E-state index in [0.717, 1.165) is 12.8 Å². The number of unbranched alkanes of at least 4 members (excludes halogenated alkanes) is 1. The molecule has 0 aliphatic heterocycles. The highest BCUT2D eigenvalue weighted by Crippen LogP contribution is 2.22. The molecule has 2 unspecified atom stereocenters. The van der Waals surface area contributed by atoms with E-state index in [1.807, 2.05) is 33.8 Å². The van der Waals surface area contributed by atoms with Crippen molar-refractivity contribution < 1.29 is 19.6 Å². The van der Waals surface area contributed by atoms with Gasteiger partial charge in [-0.3, -0.25) is 24.6 Å². The molecule has 2 N–H and O–H groups in total. The Bertz CT molecular complexity index is 613. The van der Waals surface area contributed by atoms with Crippen molar-refractivity contribution in [3.8, 4) is 0 Å². The molecule has 1 aromatic rings. The summed E-state index contributed by atoms with van der Waals surface area (Å²) < 4.78 is 0. The summed E-state index contributed by atoms with van der Waals surface area (Å²) in [5.41, 5.74) is 0.163. The van der Waals surface area contributed by atoms with Crippen molar-refractivity contribution in [2.24, 2.45) is 11.3 Å². The molecule has 0 bridgehead atoms. The first-order valence-electron chi connectivity index (χ1n) is 9.32. The summed E-state index contributed by atoms with van der Waals surface area (Å²) in [7, 11) is 0. The maximum atomic E-state index is 12.8.